The van der Waals surface area contributed by atoms with Crippen molar-refractivity contribution in [1.29, 1.82) is 0 Å². The zero-order valence-corrected chi connectivity index (χ0v) is 10.7. The maximum atomic E-state index is 14.1. The van der Waals surface area contributed by atoms with Crippen LogP contribution in [0.25, 0.3) is 10.8 Å². The highest BCUT2D eigenvalue weighted by molar-refractivity contribution is 5.88. The van der Waals surface area contributed by atoms with Crippen LogP contribution in [0.5, 0.6) is 0 Å². The number of fused-ring (bicyclic) bond motifs is 3. The highest BCUT2D eigenvalue weighted by atomic mass is 19.1. The second kappa shape index (κ2) is 4.04. The Balaban J connectivity index is 2.36. The van der Waals surface area contributed by atoms with Crippen molar-refractivity contribution in [2.75, 3.05) is 0 Å². The molecule has 1 aliphatic carbocycles. The van der Waals surface area contributed by atoms with Crippen LogP contribution in [0.1, 0.15) is 30.0 Å². The molecule has 2 aromatic carbocycles. The molecule has 1 aliphatic rings. The molecule has 0 bridgehead atoms. The van der Waals surface area contributed by atoms with E-state index in [1.807, 2.05) is 6.07 Å². The summed E-state index contributed by atoms with van der Waals surface area (Å²) in [5, 5.41) is 0.934. The minimum absolute atomic E-state index is 0.170. The molecular weight excluding hydrogens is 230 g/mol. The van der Waals surface area contributed by atoms with Gasteiger partial charge in [-0.25, -0.2) is 8.78 Å². The Morgan fingerprint density at radius 1 is 1.22 bits per heavy atom. The van der Waals surface area contributed by atoms with Crippen molar-refractivity contribution < 1.29 is 8.78 Å². The smallest absolute Gasteiger partial charge is 0.136 e. The Morgan fingerprint density at radius 2 is 2.00 bits per heavy atom. The molecule has 0 nitrogen and oxygen atoms in total. The lowest BCUT2D eigenvalue weighted by Crippen LogP contribution is -2.12. The van der Waals surface area contributed by atoms with E-state index >= 15 is 0 Å². The molecule has 0 heterocycles. The lowest BCUT2D eigenvalue weighted by atomic mass is 9.82. The molecule has 1 unspecified atom stereocenters. The van der Waals surface area contributed by atoms with Gasteiger partial charge in [-0.1, -0.05) is 19.1 Å². The van der Waals surface area contributed by atoms with Crippen LogP contribution in [0.15, 0.2) is 18.2 Å². The third-order valence-electron chi connectivity index (χ3n) is 4.04. The van der Waals surface area contributed by atoms with Crippen LogP contribution >= 0.6 is 0 Å². The molecule has 2 heteroatoms. The largest absolute Gasteiger partial charge is 0.206 e. The monoisotopic (exact) mass is 246 g/mol. The van der Waals surface area contributed by atoms with Gasteiger partial charge in [0.25, 0.3) is 0 Å². The molecule has 0 aromatic heterocycles. The van der Waals surface area contributed by atoms with Gasteiger partial charge in [0.2, 0.25) is 0 Å². The van der Waals surface area contributed by atoms with Crippen LogP contribution in [-0.2, 0) is 12.8 Å². The van der Waals surface area contributed by atoms with E-state index in [2.05, 4.69) is 6.92 Å². The van der Waals surface area contributed by atoms with E-state index in [0.29, 0.717) is 11.5 Å². The van der Waals surface area contributed by atoms with E-state index in [0.717, 1.165) is 35.8 Å². The number of benzene rings is 2. The van der Waals surface area contributed by atoms with Crippen molar-refractivity contribution in [2.45, 2.75) is 33.1 Å². The van der Waals surface area contributed by atoms with Gasteiger partial charge in [0.1, 0.15) is 11.6 Å². The van der Waals surface area contributed by atoms with Gasteiger partial charge >= 0.3 is 0 Å². The summed E-state index contributed by atoms with van der Waals surface area (Å²) in [5.41, 5.74) is 2.70. The van der Waals surface area contributed by atoms with Gasteiger partial charge in [-0.05, 0) is 60.2 Å². The van der Waals surface area contributed by atoms with Crippen molar-refractivity contribution in [1.82, 2.24) is 0 Å². The first kappa shape index (κ1) is 11.6. The Labute approximate surface area is 106 Å². The lowest BCUT2D eigenvalue weighted by Gasteiger charge is -2.23. The van der Waals surface area contributed by atoms with Gasteiger partial charge in [0.05, 0.1) is 5.39 Å². The third-order valence-corrected chi connectivity index (χ3v) is 4.04. The molecule has 0 spiro atoms. The average Bonchev–Trinajstić information content (AvgIpc) is 2.32. The average molecular weight is 246 g/mol. The van der Waals surface area contributed by atoms with Gasteiger partial charge in [0, 0.05) is 0 Å². The second-order valence-corrected chi connectivity index (χ2v) is 5.46. The molecule has 18 heavy (non-hydrogen) atoms. The molecule has 0 fully saturated rings. The van der Waals surface area contributed by atoms with Gasteiger partial charge in [0.15, 0.2) is 0 Å². The van der Waals surface area contributed by atoms with Gasteiger partial charge < -0.3 is 0 Å². The number of rotatable bonds is 0. The van der Waals surface area contributed by atoms with Crippen LogP contribution in [0, 0.1) is 24.5 Å². The van der Waals surface area contributed by atoms with Crippen LogP contribution in [0.4, 0.5) is 8.78 Å². The van der Waals surface area contributed by atoms with Gasteiger partial charge in [-0.3, -0.25) is 0 Å². The van der Waals surface area contributed by atoms with Gasteiger partial charge in [-0.2, -0.15) is 0 Å². The maximum absolute atomic E-state index is 14.1. The van der Waals surface area contributed by atoms with Gasteiger partial charge in [-0.15, -0.1) is 0 Å². The summed E-state index contributed by atoms with van der Waals surface area (Å²) in [6.45, 7) is 3.86. The number of hydrogen-bond acceptors (Lipinski definition) is 0. The second-order valence-electron chi connectivity index (χ2n) is 5.46. The molecule has 94 valence electrons. The highest BCUT2D eigenvalue weighted by Crippen LogP contribution is 2.34. The van der Waals surface area contributed by atoms with E-state index in [9.17, 15) is 8.78 Å². The molecule has 1 atom stereocenters. The summed E-state index contributed by atoms with van der Waals surface area (Å²) in [5.74, 6) is -0.241. The fraction of sp³-hybridized carbons (Fsp3) is 0.375. The Hall–Kier alpha value is -1.44. The molecule has 0 saturated carbocycles. The summed E-state index contributed by atoms with van der Waals surface area (Å²) in [6.07, 6.45) is 2.93. The first-order chi connectivity index (χ1) is 8.58. The zero-order chi connectivity index (χ0) is 12.9. The molecular formula is C16H16F2. The molecule has 2 aromatic rings. The molecule has 0 aliphatic heterocycles. The Kier molecular flexibility index (Phi) is 2.61. The van der Waals surface area contributed by atoms with Crippen molar-refractivity contribution in [2.24, 2.45) is 5.92 Å². The number of hydrogen-bond donors (Lipinski definition) is 0. The van der Waals surface area contributed by atoms with Crippen molar-refractivity contribution in [3.63, 3.8) is 0 Å². The van der Waals surface area contributed by atoms with Crippen molar-refractivity contribution in [3.05, 3.63) is 46.5 Å². The van der Waals surface area contributed by atoms with E-state index in [1.54, 1.807) is 13.0 Å². The Bertz CT molecular complexity index is 629. The molecule has 0 radical (unpaired) electrons. The van der Waals surface area contributed by atoms with Crippen LogP contribution < -0.4 is 0 Å². The lowest BCUT2D eigenvalue weighted by molar-refractivity contribution is 0.499. The predicted octanol–water partition coefficient (Wildman–Crippen LogP) is 4.55. The topological polar surface area (TPSA) is 0 Å². The number of halogens is 2. The predicted molar refractivity (Wildman–Crippen MR) is 69.8 cm³/mol. The van der Waals surface area contributed by atoms with E-state index in [-0.39, 0.29) is 5.39 Å². The summed E-state index contributed by atoms with van der Waals surface area (Å²) in [7, 11) is 0. The molecule has 0 amide bonds. The fourth-order valence-corrected chi connectivity index (χ4v) is 3.00. The highest BCUT2D eigenvalue weighted by Gasteiger charge is 2.21. The first-order valence-electron chi connectivity index (χ1n) is 6.47. The van der Waals surface area contributed by atoms with Crippen molar-refractivity contribution >= 4 is 10.8 Å². The fourth-order valence-electron chi connectivity index (χ4n) is 3.00. The summed E-state index contributed by atoms with van der Waals surface area (Å²) >= 11 is 0. The van der Waals surface area contributed by atoms with E-state index in [4.69, 9.17) is 0 Å². The van der Waals surface area contributed by atoms with Crippen LogP contribution in [0.2, 0.25) is 0 Å². The van der Waals surface area contributed by atoms with E-state index in [1.165, 1.54) is 6.07 Å². The Morgan fingerprint density at radius 3 is 2.78 bits per heavy atom. The standard InChI is InChI=1S/C16H16F2/c1-9-3-5-12-11(7-9)8-14(17)15-13(12)6-4-10(2)16(15)18/h4,6,8-9H,3,5,7H2,1-2H3. The third kappa shape index (κ3) is 1.63. The van der Waals surface area contributed by atoms with E-state index < -0.39 is 11.6 Å². The minimum atomic E-state index is -0.418. The zero-order valence-electron chi connectivity index (χ0n) is 10.7. The molecule has 0 saturated heterocycles. The number of aryl methyl sites for hydroxylation is 2. The normalized spacial score (nSPS) is 19.0. The maximum Gasteiger partial charge on any atom is 0.136 e. The van der Waals surface area contributed by atoms with Crippen molar-refractivity contribution in [3.8, 4) is 0 Å². The quantitative estimate of drug-likeness (QED) is 0.639. The minimum Gasteiger partial charge on any atom is -0.206 e. The summed E-state index contributed by atoms with van der Waals surface area (Å²) in [4.78, 5) is 0. The summed E-state index contributed by atoms with van der Waals surface area (Å²) < 4.78 is 28.2. The molecule has 3 rings (SSSR count). The summed E-state index contributed by atoms with van der Waals surface area (Å²) in [6, 6.07) is 5.15. The first-order valence-corrected chi connectivity index (χ1v) is 6.47. The molecule has 0 N–H and O–H groups in total. The van der Waals surface area contributed by atoms with Crippen LogP contribution in [-0.4, -0.2) is 0 Å². The van der Waals surface area contributed by atoms with Crippen LogP contribution in [0.3, 0.4) is 0 Å². The SMILES string of the molecule is Cc1ccc2c3c(cc(F)c2c1F)CC(C)CC3.